The Hall–Kier alpha value is -2.05. The summed E-state index contributed by atoms with van der Waals surface area (Å²) in [5, 5.41) is 2.98. The number of hydrogen-bond donors (Lipinski definition) is 1. The lowest BCUT2D eigenvalue weighted by atomic mass is 10.2. The Bertz CT molecular complexity index is 721. The topological polar surface area (TPSA) is 48.5 Å². The van der Waals surface area contributed by atoms with Crippen LogP contribution in [-0.4, -0.2) is 60.5 Å². The maximum absolute atomic E-state index is 12.1. The minimum Gasteiger partial charge on any atom is -0.370 e. The van der Waals surface area contributed by atoms with Crippen molar-refractivity contribution in [2.24, 2.45) is 0 Å². The van der Waals surface area contributed by atoms with E-state index in [1.807, 2.05) is 30.3 Å². The predicted octanol–water partition coefficient (Wildman–Crippen LogP) is 3.14. The second-order valence-corrected chi connectivity index (χ2v) is 8.18. The first kappa shape index (κ1) is 19.7. The van der Waals surface area contributed by atoms with Crippen LogP contribution >= 0.6 is 11.8 Å². The van der Waals surface area contributed by atoms with Crippen molar-refractivity contribution in [3.63, 3.8) is 0 Å². The van der Waals surface area contributed by atoms with Crippen molar-refractivity contribution in [1.29, 1.82) is 0 Å². The number of nitrogens with zero attached hydrogens (tertiary/aromatic N) is 3. The number of anilines is 2. The highest BCUT2D eigenvalue weighted by atomic mass is 32.2. The maximum atomic E-state index is 12.1. The van der Waals surface area contributed by atoms with Crippen LogP contribution in [0.25, 0.3) is 0 Å². The minimum atomic E-state index is 0.0441. The number of thioether (sulfide) groups is 1. The second kappa shape index (κ2) is 9.76. The maximum Gasteiger partial charge on any atom is 0.234 e. The van der Waals surface area contributed by atoms with Crippen LogP contribution in [0.5, 0.6) is 0 Å². The number of pyridine rings is 1. The van der Waals surface area contributed by atoms with Crippen molar-refractivity contribution >= 4 is 29.0 Å². The highest BCUT2D eigenvalue weighted by Gasteiger charge is 2.23. The summed E-state index contributed by atoms with van der Waals surface area (Å²) in [7, 11) is 4.28. The van der Waals surface area contributed by atoms with Crippen LogP contribution in [0.3, 0.4) is 0 Å². The van der Waals surface area contributed by atoms with E-state index in [-0.39, 0.29) is 5.91 Å². The molecule has 5 nitrogen and oxygen atoms in total. The Balaban J connectivity index is 1.39. The van der Waals surface area contributed by atoms with E-state index in [9.17, 15) is 4.79 Å². The summed E-state index contributed by atoms with van der Waals surface area (Å²) in [4.78, 5) is 21.1. The van der Waals surface area contributed by atoms with Crippen molar-refractivity contribution < 1.29 is 4.79 Å². The fourth-order valence-electron chi connectivity index (χ4n) is 3.24. The van der Waals surface area contributed by atoms with Crippen molar-refractivity contribution in [2.75, 3.05) is 48.9 Å². The van der Waals surface area contributed by atoms with Crippen LogP contribution in [0.2, 0.25) is 0 Å². The fourth-order valence-corrected chi connectivity index (χ4v) is 3.99. The first-order valence-electron chi connectivity index (χ1n) is 9.41. The lowest BCUT2D eigenvalue weighted by molar-refractivity contribution is -0.113. The molecule has 6 heteroatoms. The Labute approximate surface area is 166 Å². The molecule has 0 saturated carbocycles. The standard InChI is InChI=1S/C21H28N4OS/c1-24(2)20-10-13-25(15-20)19-8-6-18(7-9-19)23-21(26)16-27-14-11-17-5-3-4-12-22-17/h3-9,12,20H,10-11,13-16H2,1-2H3,(H,23,26). The minimum absolute atomic E-state index is 0.0441. The molecule has 1 atom stereocenters. The van der Waals surface area contributed by atoms with E-state index in [0.29, 0.717) is 11.8 Å². The highest BCUT2D eigenvalue weighted by molar-refractivity contribution is 7.99. The Morgan fingerprint density at radius 3 is 2.74 bits per heavy atom. The zero-order valence-corrected chi connectivity index (χ0v) is 16.9. The molecule has 144 valence electrons. The number of aromatic nitrogens is 1. The molecule has 0 bridgehead atoms. The van der Waals surface area contributed by atoms with Crippen LogP contribution in [0, 0.1) is 0 Å². The van der Waals surface area contributed by atoms with E-state index in [1.54, 1.807) is 18.0 Å². The van der Waals surface area contributed by atoms with Gasteiger partial charge in [0.15, 0.2) is 0 Å². The van der Waals surface area contributed by atoms with Gasteiger partial charge in [-0.2, -0.15) is 11.8 Å². The molecule has 1 unspecified atom stereocenters. The van der Waals surface area contributed by atoms with E-state index < -0.39 is 0 Å². The molecule has 1 amide bonds. The molecular weight excluding hydrogens is 356 g/mol. The normalized spacial score (nSPS) is 16.7. The molecular formula is C21H28N4OS. The third kappa shape index (κ3) is 5.97. The van der Waals surface area contributed by atoms with Crippen LogP contribution in [0.1, 0.15) is 12.1 Å². The number of amides is 1. The van der Waals surface area contributed by atoms with E-state index in [2.05, 4.69) is 46.3 Å². The molecule has 1 aromatic heterocycles. The molecule has 3 rings (SSSR count). The average Bonchev–Trinajstić information content (AvgIpc) is 3.17. The quantitative estimate of drug-likeness (QED) is 0.709. The van der Waals surface area contributed by atoms with E-state index >= 15 is 0 Å². The summed E-state index contributed by atoms with van der Waals surface area (Å²) >= 11 is 1.64. The third-order valence-corrected chi connectivity index (χ3v) is 5.83. The lowest BCUT2D eigenvalue weighted by Gasteiger charge is -2.22. The molecule has 0 radical (unpaired) electrons. The zero-order valence-electron chi connectivity index (χ0n) is 16.1. The monoisotopic (exact) mass is 384 g/mol. The first-order valence-corrected chi connectivity index (χ1v) is 10.6. The van der Waals surface area contributed by atoms with E-state index in [0.717, 1.165) is 36.6 Å². The van der Waals surface area contributed by atoms with Crippen LogP contribution in [0.15, 0.2) is 48.7 Å². The molecule has 27 heavy (non-hydrogen) atoms. The number of aryl methyl sites for hydroxylation is 1. The molecule has 2 heterocycles. The molecule has 2 aromatic rings. The van der Waals surface area contributed by atoms with Gasteiger partial charge in [0, 0.05) is 42.4 Å². The number of benzene rings is 1. The molecule has 1 fully saturated rings. The van der Waals surface area contributed by atoms with Crippen LogP contribution < -0.4 is 10.2 Å². The van der Waals surface area contributed by atoms with Gasteiger partial charge in [0.05, 0.1) is 5.75 Å². The Kier molecular flexibility index (Phi) is 7.12. The highest BCUT2D eigenvalue weighted by Crippen LogP contribution is 2.23. The second-order valence-electron chi connectivity index (χ2n) is 7.07. The summed E-state index contributed by atoms with van der Waals surface area (Å²) in [5.74, 6) is 1.40. The molecule has 1 saturated heterocycles. The molecule has 0 spiro atoms. The van der Waals surface area contributed by atoms with Gasteiger partial charge in [-0.05, 0) is 69.1 Å². The zero-order chi connectivity index (χ0) is 19.1. The van der Waals surface area contributed by atoms with Gasteiger partial charge < -0.3 is 15.1 Å². The van der Waals surface area contributed by atoms with Crippen molar-refractivity contribution in [2.45, 2.75) is 18.9 Å². The van der Waals surface area contributed by atoms with Gasteiger partial charge in [-0.25, -0.2) is 0 Å². The fraction of sp³-hybridized carbons (Fsp3) is 0.429. The number of carbonyl (C=O) groups is 1. The van der Waals surface area contributed by atoms with Crippen molar-refractivity contribution in [3.05, 3.63) is 54.4 Å². The van der Waals surface area contributed by atoms with Crippen LogP contribution in [0.4, 0.5) is 11.4 Å². The van der Waals surface area contributed by atoms with Gasteiger partial charge in [-0.1, -0.05) is 6.07 Å². The van der Waals surface area contributed by atoms with Crippen molar-refractivity contribution in [3.8, 4) is 0 Å². The average molecular weight is 385 g/mol. The molecule has 1 aromatic carbocycles. The number of rotatable bonds is 8. The Morgan fingerprint density at radius 1 is 1.26 bits per heavy atom. The smallest absolute Gasteiger partial charge is 0.234 e. The lowest BCUT2D eigenvalue weighted by Crippen LogP contribution is -2.31. The van der Waals surface area contributed by atoms with Gasteiger partial charge in [-0.3, -0.25) is 9.78 Å². The van der Waals surface area contributed by atoms with Crippen LogP contribution in [-0.2, 0) is 11.2 Å². The van der Waals surface area contributed by atoms with Gasteiger partial charge in [0.25, 0.3) is 0 Å². The SMILES string of the molecule is CN(C)C1CCN(c2ccc(NC(=O)CSCCc3ccccn3)cc2)C1. The van der Waals surface area contributed by atoms with Gasteiger partial charge in [-0.15, -0.1) is 0 Å². The first-order chi connectivity index (χ1) is 13.1. The van der Waals surface area contributed by atoms with Gasteiger partial charge in [0.2, 0.25) is 5.91 Å². The summed E-state index contributed by atoms with van der Waals surface area (Å²) < 4.78 is 0. The number of hydrogen-bond acceptors (Lipinski definition) is 5. The molecule has 0 aliphatic carbocycles. The van der Waals surface area contributed by atoms with E-state index in [4.69, 9.17) is 0 Å². The van der Waals surface area contributed by atoms with E-state index in [1.165, 1.54) is 12.1 Å². The molecule has 1 aliphatic rings. The summed E-state index contributed by atoms with van der Waals surface area (Å²) in [6.45, 7) is 2.15. The van der Waals surface area contributed by atoms with Gasteiger partial charge >= 0.3 is 0 Å². The Morgan fingerprint density at radius 2 is 2.07 bits per heavy atom. The third-order valence-electron chi connectivity index (χ3n) is 4.87. The van der Waals surface area contributed by atoms with Crippen molar-refractivity contribution in [1.82, 2.24) is 9.88 Å². The summed E-state index contributed by atoms with van der Waals surface area (Å²) in [6, 6.07) is 14.7. The molecule has 1 N–H and O–H groups in total. The largest absolute Gasteiger partial charge is 0.370 e. The molecule has 1 aliphatic heterocycles. The number of carbonyl (C=O) groups excluding carboxylic acids is 1. The predicted molar refractivity (Wildman–Crippen MR) is 115 cm³/mol. The summed E-state index contributed by atoms with van der Waals surface area (Å²) in [5.41, 5.74) is 3.15. The van der Waals surface area contributed by atoms with Gasteiger partial charge in [0.1, 0.15) is 0 Å². The number of likely N-dealkylation sites (N-methyl/N-ethyl adjacent to an activating group) is 1. The number of nitrogens with one attached hydrogen (secondary N) is 1. The summed E-state index contributed by atoms with van der Waals surface area (Å²) in [6.07, 6.45) is 3.89.